The molecule has 1 aromatic heterocycles. The van der Waals surface area contributed by atoms with Gasteiger partial charge in [-0.1, -0.05) is 30.3 Å². The molecule has 0 atom stereocenters. The zero-order valence-corrected chi connectivity index (χ0v) is 9.62. The molecular weight excluding hydrogens is 254 g/mol. The number of hydrogen-bond donors (Lipinski definition) is 1. The quantitative estimate of drug-likeness (QED) is 0.831. The van der Waals surface area contributed by atoms with Gasteiger partial charge in [0.25, 0.3) is 0 Å². The van der Waals surface area contributed by atoms with Gasteiger partial charge in [0.2, 0.25) is 0 Å². The summed E-state index contributed by atoms with van der Waals surface area (Å²) in [5.74, 6) is 0. The van der Waals surface area contributed by atoms with Gasteiger partial charge in [-0.3, -0.25) is 4.79 Å². The zero-order valence-electron chi connectivity index (χ0n) is 8.03. The Morgan fingerprint density at radius 1 is 1.20 bits per heavy atom. The molecule has 1 N–H and O–H groups in total. The number of aromatic amines is 1. The van der Waals surface area contributed by atoms with Crippen molar-refractivity contribution in [1.82, 2.24) is 4.98 Å². The van der Waals surface area contributed by atoms with E-state index in [9.17, 15) is 4.79 Å². The lowest BCUT2D eigenvalue weighted by molar-refractivity contribution is 1.10. The molecule has 0 amide bonds. The van der Waals surface area contributed by atoms with Crippen LogP contribution in [0.4, 0.5) is 0 Å². The molecule has 2 rings (SSSR count). The van der Waals surface area contributed by atoms with Gasteiger partial charge in [-0.05, 0) is 21.5 Å². The van der Waals surface area contributed by atoms with Gasteiger partial charge in [-0.25, -0.2) is 0 Å². The standard InChI is InChI=1S/C12H10BrNO/c13-12-7-11(15)10(8-14-12)6-9-4-2-1-3-5-9/h1-5,7-8H,6H2,(H,14,15). The van der Waals surface area contributed by atoms with Crippen molar-refractivity contribution >= 4 is 15.9 Å². The van der Waals surface area contributed by atoms with E-state index in [1.54, 1.807) is 12.3 Å². The summed E-state index contributed by atoms with van der Waals surface area (Å²) in [6.45, 7) is 0. The molecule has 0 saturated carbocycles. The van der Waals surface area contributed by atoms with E-state index in [0.717, 1.165) is 11.1 Å². The first-order valence-electron chi connectivity index (χ1n) is 4.67. The molecule has 0 aliphatic rings. The van der Waals surface area contributed by atoms with E-state index in [-0.39, 0.29) is 5.43 Å². The van der Waals surface area contributed by atoms with Gasteiger partial charge in [0, 0.05) is 24.2 Å². The minimum atomic E-state index is 0.0597. The van der Waals surface area contributed by atoms with Crippen LogP contribution in [0.3, 0.4) is 0 Å². The van der Waals surface area contributed by atoms with E-state index >= 15 is 0 Å². The van der Waals surface area contributed by atoms with Gasteiger partial charge in [0.1, 0.15) is 0 Å². The average Bonchev–Trinajstić information content (AvgIpc) is 2.24. The smallest absolute Gasteiger partial charge is 0.186 e. The fraction of sp³-hybridized carbons (Fsp3) is 0.0833. The Labute approximate surface area is 96.1 Å². The molecule has 15 heavy (non-hydrogen) atoms. The molecule has 0 unspecified atom stereocenters. The van der Waals surface area contributed by atoms with Gasteiger partial charge in [-0.15, -0.1) is 0 Å². The molecule has 3 heteroatoms. The van der Waals surface area contributed by atoms with Crippen LogP contribution in [0.1, 0.15) is 11.1 Å². The third-order valence-corrected chi connectivity index (χ3v) is 2.65. The van der Waals surface area contributed by atoms with Crippen molar-refractivity contribution in [3.8, 4) is 0 Å². The summed E-state index contributed by atoms with van der Waals surface area (Å²) in [5.41, 5.74) is 1.99. The number of nitrogens with one attached hydrogen (secondary N) is 1. The summed E-state index contributed by atoms with van der Waals surface area (Å²) in [5, 5.41) is 0. The van der Waals surface area contributed by atoms with Gasteiger partial charge in [0.15, 0.2) is 5.43 Å². The summed E-state index contributed by atoms with van der Waals surface area (Å²) >= 11 is 3.23. The Balaban J connectivity index is 2.29. The molecule has 2 aromatic rings. The SMILES string of the molecule is O=c1cc(Br)[nH]cc1Cc1ccccc1. The molecule has 2 nitrogen and oxygen atoms in total. The molecule has 0 bridgehead atoms. The van der Waals surface area contributed by atoms with Crippen LogP contribution < -0.4 is 5.43 Å². The number of H-pyrrole nitrogens is 1. The lowest BCUT2D eigenvalue weighted by Gasteiger charge is -2.00. The lowest BCUT2D eigenvalue weighted by Crippen LogP contribution is -2.08. The summed E-state index contributed by atoms with van der Waals surface area (Å²) in [6.07, 6.45) is 2.42. The second-order valence-corrected chi connectivity index (χ2v) is 4.19. The molecule has 0 radical (unpaired) electrons. The van der Waals surface area contributed by atoms with Crippen LogP contribution in [0, 0.1) is 0 Å². The van der Waals surface area contributed by atoms with Gasteiger partial charge >= 0.3 is 0 Å². The Morgan fingerprint density at radius 2 is 1.93 bits per heavy atom. The Hall–Kier alpha value is -1.35. The third-order valence-electron chi connectivity index (χ3n) is 2.20. The van der Waals surface area contributed by atoms with Gasteiger partial charge in [-0.2, -0.15) is 0 Å². The first kappa shape index (κ1) is 10.2. The summed E-state index contributed by atoms with van der Waals surface area (Å²) in [6, 6.07) is 11.5. The second-order valence-electron chi connectivity index (χ2n) is 3.33. The Morgan fingerprint density at radius 3 is 2.60 bits per heavy atom. The minimum absolute atomic E-state index is 0.0597. The summed E-state index contributed by atoms with van der Waals surface area (Å²) in [7, 11) is 0. The van der Waals surface area contributed by atoms with Crippen LogP contribution in [-0.2, 0) is 6.42 Å². The molecule has 1 aromatic carbocycles. The van der Waals surface area contributed by atoms with Crippen LogP contribution in [0.2, 0.25) is 0 Å². The monoisotopic (exact) mass is 263 g/mol. The number of aromatic nitrogens is 1. The van der Waals surface area contributed by atoms with E-state index in [1.807, 2.05) is 30.3 Å². The first-order chi connectivity index (χ1) is 7.25. The van der Waals surface area contributed by atoms with Crippen molar-refractivity contribution in [1.29, 1.82) is 0 Å². The molecule has 1 heterocycles. The molecule has 76 valence electrons. The number of rotatable bonds is 2. The molecule has 0 spiro atoms. The van der Waals surface area contributed by atoms with Crippen molar-refractivity contribution < 1.29 is 0 Å². The second kappa shape index (κ2) is 4.45. The minimum Gasteiger partial charge on any atom is -0.355 e. The lowest BCUT2D eigenvalue weighted by atomic mass is 10.1. The topological polar surface area (TPSA) is 32.9 Å². The maximum Gasteiger partial charge on any atom is 0.186 e. The highest BCUT2D eigenvalue weighted by atomic mass is 79.9. The van der Waals surface area contributed by atoms with Crippen molar-refractivity contribution in [2.75, 3.05) is 0 Å². The molecular formula is C12H10BrNO. The van der Waals surface area contributed by atoms with E-state index in [1.165, 1.54) is 0 Å². The van der Waals surface area contributed by atoms with E-state index in [0.29, 0.717) is 11.0 Å². The number of pyridine rings is 1. The van der Waals surface area contributed by atoms with Crippen LogP contribution in [0.5, 0.6) is 0 Å². The summed E-state index contributed by atoms with van der Waals surface area (Å²) in [4.78, 5) is 14.6. The predicted octanol–water partition coefficient (Wildman–Crippen LogP) is 2.73. The normalized spacial score (nSPS) is 10.2. The predicted molar refractivity (Wildman–Crippen MR) is 64.0 cm³/mol. The number of benzene rings is 1. The average molecular weight is 264 g/mol. The van der Waals surface area contributed by atoms with Crippen LogP contribution >= 0.6 is 15.9 Å². The fourth-order valence-electron chi connectivity index (χ4n) is 1.43. The van der Waals surface area contributed by atoms with Crippen molar-refractivity contribution in [3.63, 3.8) is 0 Å². The first-order valence-corrected chi connectivity index (χ1v) is 5.46. The van der Waals surface area contributed by atoms with Gasteiger partial charge < -0.3 is 4.98 Å². The summed E-state index contributed by atoms with van der Waals surface area (Å²) < 4.78 is 0.712. The highest BCUT2D eigenvalue weighted by molar-refractivity contribution is 9.10. The van der Waals surface area contributed by atoms with Crippen molar-refractivity contribution in [2.45, 2.75) is 6.42 Å². The van der Waals surface area contributed by atoms with Crippen molar-refractivity contribution in [2.24, 2.45) is 0 Å². The third kappa shape index (κ3) is 2.57. The van der Waals surface area contributed by atoms with E-state index in [4.69, 9.17) is 0 Å². The van der Waals surface area contributed by atoms with Crippen LogP contribution in [0.15, 0.2) is 52.0 Å². The van der Waals surface area contributed by atoms with Gasteiger partial charge in [0.05, 0.1) is 4.60 Å². The largest absolute Gasteiger partial charge is 0.355 e. The Bertz CT molecular complexity index is 505. The fourth-order valence-corrected chi connectivity index (χ4v) is 1.75. The maximum atomic E-state index is 11.6. The maximum absolute atomic E-state index is 11.6. The number of hydrogen-bond acceptors (Lipinski definition) is 1. The van der Waals surface area contributed by atoms with Crippen LogP contribution in [-0.4, -0.2) is 4.98 Å². The van der Waals surface area contributed by atoms with Crippen molar-refractivity contribution in [3.05, 3.63) is 68.5 Å². The number of halogens is 1. The molecule has 0 saturated heterocycles. The van der Waals surface area contributed by atoms with E-state index in [2.05, 4.69) is 20.9 Å². The van der Waals surface area contributed by atoms with E-state index < -0.39 is 0 Å². The molecule has 0 fully saturated rings. The molecule has 0 aliphatic heterocycles. The zero-order chi connectivity index (χ0) is 10.7. The van der Waals surface area contributed by atoms with Crippen LogP contribution in [0.25, 0.3) is 0 Å². The highest BCUT2D eigenvalue weighted by Crippen LogP contribution is 2.07. The molecule has 0 aliphatic carbocycles. The highest BCUT2D eigenvalue weighted by Gasteiger charge is 2.00. The Kier molecular flexibility index (Phi) is 3.02.